The molecule has 1 aliphatic heterocycles. The van der Waals surface area contributed by atoms with Crippen LogP contribution in [-0.4, -0.2) is 36.3 Å². The topological polar surface area (TPSA) is 42.7 Å². The number of amides is 1. The number of hydrogen-bond acceptors (Lipinski definition) is 4. The zero-order valence-electron chi connectivity index (χ0n) is 12.9. The average molecular weight is 386 g/mol. The first-order valence-electron chi connectivity index (χ1n) is 7.64. The first-order valence-corrected chi connectivity index (χ1v) is 9.44. The van der Waals surface area contributed by atoms with Crippen molar-refractivity contribution in [3.8, 4) is 5.75 Å². The van der Waals surface area contributed by atoms with E-state index in [1.165, 1.54) is 0 Å². The molecule has 3 rings (SSSR count). The van der Waals surface area contributed by atoms with Gasteiger partial charge in [0.15, 0.2) is 6.61 Å². The third kappa shape index (κ3) is 4.41. The number of carbonyl (C=O) groups excluding carboxylic acids is 1. The normalized spacial score (nSPS) is 18.2. The molecular formula is C17H17Cl2NO3S. The summed E-state index contributed by atoms with van der Waals surface area (Å²) in [7, 11) is 0. The number of rotatable bonds is 4. The van der Waals surface area contributed by atoms with E-state index in [0.717, 1.165) is 17.9 Å². The SMILES string of the molecule is O=C(COc1ccc(Cl)cc1Cl)N1CCSC(c2ccco2)CC1. The summed E-state index contributed by atoms with van der Waals surface area (Å²) in [5.74, 6) is 2.27. The quantitative estimate of drug-likeness (QED) is 0.766. The lowest BCUT2D eigenvalue weighted by Crippen LogP contribution is -2.36. The molecule has 24 heavy (non-hydrogen) atoms. The monoisotopic (exact) mass is 385 g/mol. The van der Waals surface area contributed by atoms with Gasteiger partial charge in [0.25, 0.3) is 5.91 Å². The maximum Gasteiger partial charge on any atom is 0.260 e. The van der Waals surface area contributed by atoms with Crippen LogP contribution in [0.3, 0.4) is 0 Å². The Morgan fingerprint density at radius 1 is 1.33 bits per heavy atom. The minimum atomic E-state index is -0.0401. The second-order valence-corrected chi connectivity index (χ2v) is 7.56. The molecule has 0 bridgehead atoms. The van der Waals surface area contributed by atoms with Crippen LogP contribution in [0.4, 0.5) is 0 Å². The van der Waals surface area contributed by atoms with Gasteiger partial charge in [0.05, 0.1) is 16.5 Å². The van der Waals surface area contributed by atoms with Gasteiger partial charge in [-0.3, -0.25) is 4.79 Å². The van der Waals surface area contributed by atoms with Gasteiger partial charge in [-0.1, -0.05) is 23.2 Å². The van der Waals surface area contributed by atoms with Crippen molar-refractivity contribution in [3.63, 3.8) is 0 Å². The molecule has 1 atom stereocenters. The highest BCUT2D eigenvalue weighted by Gasteiger charge is 2.23. The third-order valence-corrected chi connectivity index (χ3v) is 5.62. The summed E-state index contributed by atoms with van der Waals surface area (Å²) in [5, 5.41) is 1.23. The summed E-state index contributed by atoms with van der Waals surface area (Å²) in [6.07, 6.45) is 2.55. The van der Waals surface area contributed by atoms with E-state index in [2.05, 4.69) is 0 Å². The van der Waals surface area contributed by atoms with E-state index < -0.39 is 0 Å². The summed E-state index contributed by atoms with van der Waals surface area (Å²) in [4.78, 5) is 14.2. The molecule has 128 valence electrons. The van der Waals surface area contributed by atoms with Crippen LogP contribution in [-0.2, 0) is 4.79 Å². The average Bonchev–Trinajstić information content (AvgIpc) is 2.98. The number of thioether (sulfide) groups is 1. The van der Waals surface area contributed by atoms with Crippen molar-refractivity contribution in [2.45, 2.75) is 11.7 Å². The van der Waals surface area contributed by atoms with Gasteiger partial charge in [0, 0.05) is 23.9 Å². The minimum Gasteiger partial charge on any atom is -0.482 e. The fourth-order valence-corrected chi connectivity index (χ4v) is 4.19. The first kappa shape index (κ1) is 17.5. The molecule has 0 spiro atoms. The molecule has 1 aromatic carbocycles. The van der Waals surface area contributed by atoms with Crippen molar-refractivity contribution >= 4 is 40.9 Å². The highest BCUT2D eigenvalue weighted by molar-refractivity contribution is 7.99. The standard InChI is InChI=1S/C17H17Cl2NO3S/c18-12-3-4-14(13(19)10-12)23-11-17(21)20-6-5-16(24-9-7-20)15-2-1-8-22-15/h1-4,8,10,16H,5-7,9,11H2. The van der Waals surface area contributed by atoms with Crippen molar-refractivity contribution in [1.82, 2.24) is 4.90 Å². The van der Waals surface area contributed by atoms with Gasteiger partial charge in [0.1, 0.15) is 11.5 Å². The molecule has 0 radical (unpaired) electrons. The molecule has 1 saturated heterocycles. The molecule has 7 heteroatoms. The summed E-state index contributed by atoms with van der Waals surface area (Å²) in [6.45, 7) is 1.37. The highest BCUT2D eigenvalue weighted by Crippen LogP contribution is 2.34. The Kier molecular flexibility index (Phi) is 5.98. The maximum atomic E-state index is 12.4. The van der Waals surface area contributed by atoms with Crippen LogP contribution < -0.4 is 4.74 Å². The van der Waals surface area contributed by atoms with Crippen molar-refractivity contribution in [2.75, 3.05) is 25.4 Å². The molecule has 2 heterocycles. The lowest BCUT2D eigenvalue weighted by molar-refractivity contribution is -0.133. The Hall–Kier alpha value is -1.30. The molecule has 1 aliphatic rings. The molecule has 1 amide bonds. The molecule has 1 aromatic heterocycles. The molecule has 2 aromatic rings. The zero-order valence-corrected chi connectivity index (χ0v) is 15.2. The summed E-state index contributed by atoms with van der Waals surface area (Å²) in [5.41, 5.74) is 0. The third-order valence-electron chi connectivity index (χ3n) is 3.80. The lowest BCUT2D eigenvalue weighted by Gasteiger charge is -2.20. The molecule has 1 unspecified atom stereocenters. The van der Waals surface area contributed by atoms with E-state index in [4.69, 9.17) is 32.4 Å². The van der Waals surface area contributed by atoms with Gasteiger partial charge in [-0.25, -0.2) is 0 Å². The van der Waals surface area contributed by atoms with Crippen molar-refractivity contribution in [1.29, 1.82) is 0 Å². The van der Waals surface area contributed by atoms with E-state index in [9.17, 15) is 4.79 Å². The number of furan rings is 1. The largest absolute Gasteiger partial charge is 0.482 e. The first-order chi connectivity index (χ1) is 11.6. The number of ether oxygens (including phenoxy) is 1. The van der Waals surface area contributed by atoms with Crippen LogP contribution >= 0.6 is 35.0 Å². The summed E-state index contributed by atoms with van der Waals surface area (Å²) in [6, 6.07) is 8.83. The molecule has 0 saturated carbocycles. The number of halogens is 2. The van der Waals surface area contributed by atoms with Crippen LogP contribution in [0.25, 0.3) is 0 Å². The number of carbonyl (C=O) groups is 1. The Morgan fingerprint density at radius 2 is 2.21 bits per heavy atom. The number of nitrogens with zero attached hydrogens (tertiary/aromatic N) is 1. The number of hydrogen-bond donors (Lipinski definition) is 0. The fraction of sp³-hybridized carbons (Fsp3) is 0.353. The van der Waals surface area contributed by atoms with Gasteiger partial charge in [-0.05, 0) is 36.8 Å². The van der Waals surface area contributed by atoms with Crippen molar-refractivity contribution in [2.24, 2.45) is 0 Å². The Morgan fingerprint density at radius 3 is 2.96 bits per heavy atom. The molecular weight excluding hydrogens is 369 g/mol. The van der Waals surface area contributed by atoms with Gasteiger partial charge < -0.3 is 14.1 Å². The van der Waals surface area contributed by atoms with Gasteiger partial charge in [-0.15, -0.1) is 11.8 Å². The predicted molar refractivity (Wildman–Crippen MR) is 97.1 cm³/mol. The van der Waals surface area contributed by atoms with E-state index in [1.54, 1.807) is 24.5 Å². The smallest absolute Gasteiger partial charge is 0.260 e. The molecule has 1 fully saturated rings. The zero-order chi connectivity index (χ0) is 16.9. The van der Waals surface area contributed by atoms with Crippen LogP contribution in [0.15, 0.2) is 41.0 Å². The van der Waals surface area contributed by atoms with Crippen LogP contribution in [0, 0.1) is 0 Å². The maximum absolute atomic E-state index is 12.4. The van der Waals surface area contributed by atoms with Gasteiger partial charge in [-0.2, -0.15) is 0 Å². The van der Waals surface area contributed by atoms with Crippen LogP contribution in [0.1, 0.15) is 17.4 Å². The summed E-state index contributed by atoms with van der Waals surface area (Å²) >= 11 is 13.7. The number of benzene rings is 1. The minimum absolute atomic E-state index is 0.0303. The highest BCUT2D eigenvalue weighted by atomic mass is 35.5. The Labute approximate surface area is 155 Å². The van der Waals surface area contributed by atoms with E-state index in [0.29, 0.717) is 34.1 Å². The second kappa shape index (κ2) is 8.19. The van der Waals surface area contributed by atoms with E-state index >= 15 is 0 Å². The molecule has 0 aliphatic carbocycles. The molecule has 4 nitrogen and oxygen atoms in total. The van der Waals surface area contributed by atoms with E-state index in [-0.39, 0.29) is 12.5 Å². The van der Waals surface area contributed by atoms with Crippen molar-refractivity contribution < 1.29 is 13.9 Å². The van der Waals surface area contributed by atoms with Gasteiger partial charge in [0.2, 0.25) is 0 Å². The van der Waals surface area contributed by atoms with E-state index in [1.807, 2.05) is 28.8 Å². The van der Waals surface area contributed by atoms with Gasteiger partial charge >= 0.3 is 0 Å². The van der Waals surface area contributed by atoms with Crippen LogP contribution in [0.2, 0.25) is 10.0 Å². The predicted octanol–water partition coefficient (Wildman–Crippen LogP) is 4.67. The van der Waals surface area contributed by atoms with Crippen molar-refractivity contribution in [3.05, 3.63) is 52.4 Å². The summed E-state index contributed by atoms with van der Waals surface area (Å²) < 4.78 is 11.0. The fourth-order valence-electron chi connectivity index (χ4n) is 2.54. The Balaban J connectivity index is 1.53. The van der Waals surface area contributed by atoms with Crippen LogP contribution in [0.5, 0.6) is 5.75 Å². The second-order valence-electron chi connectivity index (χ2n) is 5.41. The molecule has 0 N–H and O–H groups in total. The Bertz CT molecular complexity index is 693. The lowest BCUT2D eigenvalue weighted by atomic mass is 10.2.